The van der Waals surface area contributed by atoms with Crippen LogP contribution in [0.1, 0.15) is 19.3 Å². The van der Waals surface area contributed by atoms with Gasteiger partial charge >= 0.3 is 0 Å². The van der Waals surface area contributed by atoms with Gasteiger partial charge in [0.05, 0.1) is 6.04 Å². The van der Waals surface area contributed by atoms with Crippen LogP contribution in [-0.4, -0.2) is 11.9 Å². The first-order valence-electron chi connectivity index (χ1n) is 4.03. The number of nitrogens with one attached hydrogen (secondary N) is 1. The van der Waals surface area contributed by atoms with Gasteiger partial charge in [0.1, 0.15) is 0 Å². The monoisotopic (exact) mass is 173 g/mol. The molecule has 1 N–H and O–H groups in total. The number of hydrogen-bond donors (Lipinski definition) is 1. The van der Waals surface area contributed by atoms with Crippen LogP contribution in [0.25, 0.3) is 0 Å². The molecule has 1 saturated heterocycles. The number of halogens is 2. The summed E-state index contributed by atoms with van der Waals surface area (Å²) in [5, 5.41) is 2.57. The summed E-state index contributed by atoms with van der Waals surface area (Å²) in [6, 6.07) is -0.374. The highest BCUT2D eigenvalue weighted by atomic mass is 19.3. The molecule has 0 radical (unpaired) electrons. The third-order valence-electron chi connectivity index (χ3n) is 2.63. The summed E-state index contributed by atoms with van der Waals surface area (Å²) in [7, 11) is 0. The van der Waals surface area contributed by atoms with Gasteiger partial charge in [0, 0.05) is 11.5 Å². The van der Waals surface area contributed by atoms with E-state index in [0.717, 1.165) is 0 Å². The third-order valence-corrected chi connectivity index (χ3v) is 2.63. The second kappa shape index (κ2) is 2.54. The Hall–Kier alpha value is -0.930. The molecule has 0 aromatic carbocycles. The molecule has 2 atom stereocenters. The molecule has 2 aliphatic rings. The van der Waals surface area contributed by atoms with Crippen molar-refractivity contribution in [2.24, 2.45) is 5.92 Å². The van der Waals surface area contributed by atoms with Crippen molar-refractivity contribution in [3.8, 4) is 0 Å². The van der Waals surface area contributed by atoms with Crippen LogP contribution in [0, 0.1) is 5.92 Å². The normalized spacial score (nSPS) is 33.5. The highest BCUT2D eigenvalue weighted by Crippen LogP contribution is 2.35. The molecule has 0 spiro atoms. The van der Waals surface area contributed by atoms with Crippen LogP contribution >= 0.6 is 0 Å². The summed E-state index contributed by atoms with van der Waals surface area (Å²) in [6.07, 6.45) is -0.0997. The number of carbonyl (C=O) groups is 1. The van der Waals surface area contributed by atoms with Gasteiger partial charge in [-0.2, -0.15) is 8.78 Å². The molecular formula is C8H9F2NO. The predicted octanol–water partition coefficient (Wildman–Crippen LogP) is 1.44. The third kappa shape index (κ3) is 1.02. The molecule has 2 rings (SSSR count). The Kier molecular flexibility index (Phi) is 1.63. The van der Waals surface area contributed by atoms with Crippen LogP contribution in [0.2, 0.25) is 0 Å². The van der Waals surface area contributed by atoms with E-state index in [9.17, 15) is 13.6 Å². The van der Waals surface area contributed by atoms with Gasteiger partial charge in [0.25, 0.3) is 6.08 Å². The van der Waals surface area contributed by atoms with Crippen molar-refractivity contribution in [3.05, 3.63) is 11.7 Å². The van der Waals surface area contributed by atoms with Gasteiger partial charge in [0.2, 0.25) is 5.91 Å². The molecule has 2 fully saturated rings. The van der Waals surface area contributed by atoms with Crippen molar-refractivity contribution in [2.75, 3.05) is 0 Å². The molecule has 2 bridgehead atoms. The number of rotatable bonds is 0. The Morgan fingerprint density at radius 1 is 1.50 bits per heavy atom. The van der Waals surface area contributed by atoms with E-state index in [1.807, 2.05) is 0 Å². The second-order valence-corrected chi connectivity index (χ2v) is 3.32. The highest BCUT2D eigenvalue weighted by Gasteiger charge is 2.39. The van der Waals surface area contributed by atoms with Gasteiger partial charge in [-0.05, 0) is 19.3 Å². The maximum Gasteiger partial charge on any atom is 0.271 e. The Morgan fingerprint density at radius 3 is 2.92 bits per heavy atom. The summed E-state index contributed by atoms with van der Waals surface area (Å²) in [6.45, 7) is 0. The SMILES string of the molecule is O=C1N[C@H]2C[C@@H]1CCC2=C(F)F. The molecule has 1 saturated carbocycles. The number of fused-ring (bicyclic) bond motifs is 2. The topological polar surface area (TPSA) is 29.1 Å². The van der Waals surface area contributed by atoms with E-state index in [4.69, 9.17) is 0 Å². The average molecular weight is 173 g/mol. The fraction of sp³-hybridized carbons (Fsp3) is 0.625. The summed E-state index contributed by atoms with van der Waals surface area (Å²) in [5.74, 6) is -0.0747. The minimum absolute atomic E-state index is 0.0156. The van der Waals surface area contributed by atoms with E-state index in [0.29, 0.717) is 19.3 Å². The fourth-order valence-corrected chi connectivity index (χ4v) is 1.95. The Bertz CT molecular complexity index is 258. The van der Waals surface area contributed by atoms with E-state index in [2.05, 4.69) is 5.32 Å². The van der Waals surface area contributed by atoms with E-state index in [1.165, 1.54) is 0 Å². The maximum absolute atomic E-state index is 12.2. The lowest BCUT2D eigenvalue weighted by Gasteiger charge is -2.18. The molecular weight excluding hydrogens is 164 g/mol. The van der Waals surface area contributed by atoms with Crippen LogP contribution in [0.5, 0.6) is 0 Å². The zero-order valence-corrected chi connectivity index (χ0v) is 6.44. The highest BCUT2D eigenvalue weighted by molar-refractivity contribution is 5.82. The molecule has 4 heteroatoms. The summed E-state index contributed by atoms with van der Waals surface area (Å²) >= 11 is 0. The van der Waals surface area contributed by atoms with Crippen molar-refractivity contribution >= 4 is 5.91 Å². The van der Waals surface area contributed by atoms with Crippen molar-refractivity contribution in [1.29, 1.82) is 0 Å². The lowest BCUT2D eigenvalue weighted by atomic mass is 9.87. The second-order valence-electron chi connectivity index (χ2n) is 3.32. The van der Waals surface area contributed by atoms with Crippen LogP contribution < -0.4 is 5.32 Å². The number of hydrogen-bond acceptors (Lipinski definition) is 1. The first kappa shape index (κ1) is 7.71. The van der Waals surface area contributed by atoms with Crippen LogP contribution in [0.15, 0.2) is 11.7 Å². The molecule has 12 heavy (non-hydrogen) atoms. The minimum atomic E-state index is -1.61. The minimum Gasteiger partial charge on any atom is -0.349 e. The van der Waals surface area contributed by atoms with Crippen LogP contribution in [0.4, 0.5) is 8.78 Å². The number of amides is 1. The van der Waals surface area contributed by atoms with E-state index in [-0.39, 0.29) is 23.4 Å². The predicted molar refractivity (Wildman–Crippen MR) is 38.5 cm³/mol. The molecule has 1 heterocycles. The van der Waals surface area contributed by atoms with Crippen molar-refractivity contribution in [1.82, 2.24) is 5.32 Å². The Balaban J connectivity index is 2.25. The summed E-state index contributed by atoms with van der Waals surface area (Å²) in [4.78, 5) is 11.0. The molecule has 1 aliphatic heterocycles. The molecule has 1 amide bonds. The largest absolute Gasteiger partial charge is 0.349 e. The maximum atomic E-state index is 12.2. The quantitative estimate of drug-likeness (QED) is 0.590. The fourth-order valence-electron chi connectivity index (χ4n) is 1.95. The molecule has 1 aliphatic carbocycles. The van der Waals surface area contributed by atoms with Crippen molar-refractivity contribution in [2.45, 2.75) is 25.3 Å². The van der Waals surface area contributed by atoms with E-state index in [1.54, 1.807) is 0 Å². The van der Waals surface area contributed by atoms with Gasteiger partial charge in [-0.3, -0.25) is 4.79 Å². The Morgan fingerprint density at radius 2 is 2.25 bits per heavy atom. The summed E-state index contributed by atoms with van der Waals surface area (Å²) in [5.41, 5.74) is 0.136. The lowest BCUT2D eigenvalue weighted by molar-refractivity contribution is -0.122. The van der Waals surface area contributed by atoms with E-state index >= 15 is 0 Å². The lowest BCUT2D eigenvalue weighted by Crippen LogP contribution is -2.26. The molecule has 0 aromatic rings. The van der Waals surface area contributed by atoms with Crippen molar-refractivity contribution < 1.29 is 13.6 Å². The van der Waals surface area contributed by atoms with Crippen LogP contribution in [-0.2, 0) is 4.79 Å². The van der Waals surface area contributed by atoms with Gasteiger partial charge in [-0.1, -0.05) is 0 Å². The molecule has 0 aromatic heterocycles. The first-order valence-corrected chi connectivity index (χ1v) is 4.03. The smallest absolute Gasteiger partial charge is 0.271 e. The molecule has 0 unspecified atom stereocenters. The van der Waals surface area contributed by atoms with E-state index < -0.39 is 6.08 Å². The van der Waals surface area contributed by atoms with Gasteiger partial charge in [-0.25, -0.2) is 0 Å². The van der Waals surface area contributed by atoms with Gasteiger partial charge in [-0.15, -0.1) is 0 Å². The average Bonchev–Trinajstić information content (AvgIpc) is 2.28. The van der Waals surface area contributed by atoms with Gasteiger partial charge < -0.3 is 5.32 Å². The number of carbonyl (C=O) groups excluding carboxylic acids is 1. The molecule has 66 valence electrons. The van der Waals surface area contributed by atoms with Crippen LogP contribution in [0.3, 0.4) is 0 Å². The Labute approximate surface area is 68.6 Å². The standard InChI is InChI=1S/C8H9F2NO/c9-7(10)5-2-1-4-3-6(5)11-8(4)12/h4,6H,1-3H2,(H,11,12)/t4-,6-/m0/s1. The van der Waals surface area contributed by atoms with Crippen molar-refractivity contribution in [3.63, 3.8) is 0 Å². The zero-order valence-electron chi connectivity index (χ0n) is 6.44. The first-order chi connectivity index (χ1) is 5.68. The zero-order chi connectivity index (χ0) is 8.72. The molecule has 2 nitrogen and oxygen atoms in total. The van der Waals surface area contributed by atoms with Gasteiger partial charge in [0.15, 0.2) is 0 Å². The summed E-state index contributed by atoms with van der Waals surface area (Å²) < 4.78 is 24.5.